The van der Waals surface area contributed by atoms with E-state index in [1.54, 1.807) is 11.8 Å². The third-order valence-electron chi connectivity index (χ3n) is 6.23. The molecule has 0 radical (unpaired) electrons. The van der Waals surface area contributed by atoms with E-state index in [0.29, 0.717) is 24.4 Å². The SMILES string of the molecule is CCc1cnc(N2C[C@@H]3[C@H](CNC(=O)CCSC)[C@H]4CC[C@]3(C2)O4)nc1. The summed E-state index contributed by atoms with van der Waals surface area (Å²) in [6, 6.07) is 0. The van der Waals surface area contributed by atoms with Crippen LogP contribution in [-0.4, -0.2) is 59.2 Å². The molecule has 3 saturated heterocycles. The minimum Gasteiger partial charge on any atom is -0.369 e. The first-order valence-corrected chi connectivity index (χ1v) is 11.0. The van der Waals surface area contributed by atoms with E-state index in [1.165, 1.54) is 0 Å². The molecule has 1 aromatic heterocycles. The maximum Gasteiger partial charge on any atom is 0.225 e. The fraction of sp³-hybridized carbons (Fsp3) is 0.737. The van der Waals surface area contributed by atoms with E-state index in [4.69, 9.17) is 4.74 Å². The average molecular weight is 377 g/mol. The maximum absolute atomic E-state index is 12.0. The smallest absolute Gasteiger partial charge is 0.225 e. The van der Waals surface area contributed by atoms with Crippen molar-refractivity contribution < 1.29 is 9.53 Å². The number of anilines is 1. The molecule has 0 saturated carbocycles. The number of carbonyl (C=O) groups excluding carboxylic acids is 1. The molecule has 2 bridgehead atoms. The Morgan fingerprint density at radius 3 is 3.00 bits per heavy atom. The van der Waals surface area contributed by atoms with Gasteiger partial charge in [0.05, 0.1) is 18.2 Å². The summed E-state index contributed by atoms with van der Waals surface area (Å²) in [7, 11) is 0. The van der Waals surface area contributed by atoms with E-state index < -0.39 is 0 Å². The average Bonchev–Trinajstić information content (AvgIpc) is 3.33. The molecular formula is C19H28N4O2S. The Morgan fingerprint density at radius 2 is 2.27 bits per heavy atom. The van der Waals surface area contributed by atoms with Gasteiger partial charge in [0.25, 0.3) is 0 Å². The summed E-state index contributed by atoms with van der Waals surface area (Å²) in [4.78, 5) is 23.4. The highest BCUT2D eigenvalue weighted by Gasteiger charge is 2.63. The van der Waals surface area contributed by atoms with Crippen molar-refractivity contribution in [3.8, 4) is 0 Å². The summed E-state index contributed by atoms with van der Waals surface area (Å²) in [6.07, 6.45) is 9.95. The van der Waals surface area contributed by atoms with Crippen molar-refractivity contribution in [3.63, 3.8) is 0 Å². The molecule has 4 rings (SSSR count). The van der Waals surface area contributed by atoms with Crippen LogP contribution in [0.2, 0.25) is 0 Å². The first-order valence-electron chi connectivity index (χ1n) is 9.64. The number of hydrogen-bond donors (Lipinski definition) is 1. The van der Waals surface area contributed by atoms with E-state index in [1.807, 2.05) is 18.6 Å². The first kappa shape index (κ1) is 18.0. The fourth-order valence-corrected chi connectivity index (χ4v) is 5.21. The number of fused-ring (bicyclic) bond motifs is 1. The number of nitrogens with one attached hydrogen (secondary N) is 1. The van der Waals surface area contributed by atoms with Gasteiger partial charge in [-0.1, -0.05) is 6.92 Å². The lowest BCUT2D eigenvalue weighted by atomic mass is 9.73. The number of aryl methyl sites for hydroxylation is 1. The Labute approximate surface area is 159 Å². The molecule has 1 amide bonds. The molecule has 26 heavy (non-hydrogen) atoms. The topological polar surface area (TPSA) is 67.4 Å². The normalized spacial score (nSPS) is 32.1. The molecule has 4 atom stereocenters. The molecule has 0 aliphatic carbocycles. The molecule has 0 aromatic carbocycles. The van der Waals surface area contributed by atoms with Gasteiger partial charge in [0, 0.05) is 49.5 Å². The van der Waals surface area contributed by atoms with Crippen molar-refractivity contribution in [2.24, 2.45) is 11.8 Å². The predicted molar refractivity (Wildman–Crippen MR) is 103 cm³/mol. The minimum atomic E-state index is -0.0634. The number of nitrogens with zero attached hydrogens (tertiary/aromatic N) is 3. The van der Waals surface area contributed by atoms with Gasteiger partial charge < -0.3 is 15.0 Å². The van der Waals surface area contributed by atoms with E-state index >= 15 is 0 Å². The van der Waals surface area contributed by atoms with Gasteiger partial charge >= 0.3 is 0 Å². The Morgan fingerprint density at radius 1 is 1.46 bits per heavy atom. The Balaban J connectivity index is 1.42. The zero-order chi connectivity index (χ0) is 18.1. The van der Waals surface area contributed by atoms with Crippen molar-refractivity contribution in [2.75, 3.05) is 36.5 Å². The third kappa shape index (κ3) is 3.20. The highest BCUT2D eigenvalue weighted by Crippen LogP contribution is 2.54. The zero-order valence-corrected chi connectivity index (χ0v) is 16.4. The zero-order valence-electron chi connectivity index (χ0n) is 15.6. The number of amides is 1. The molecule has 7 heteroatoms. The van der Waals surface area contributed by atoms with Crippen molar-refractivity contribution in [1.82, 2.24) is 15.3 Å². The van der Waals surface area contributed by atoms with Crippen LogP contribution >= 0.6 is 11.8 Å². The van der Waals surface area contributed by atoms with Crippen LogP contribution in [0, 0.1) is 11.8 Å². The summed E-state index contributed by atoms with van der Waals surface area (Å²) >= 11 is 1.71. The molecule has 3 fully saturated rings. The lowest BCUT2D eigenvalue weighted by molar-refractivity contribution is -0.121. The summed E-state index contributed by atoms with van der Waals surface area (Å²) < 4.78 is 6.45. The lowest BCUT2D eigenvalue weighted by Crippen LogP contribution is -2.41. The second-order valence-electron chi connectivity index (χ2n) is 7.70. The molecular weight excluding hydrogens is 348 g/mol. The van der Waals surface area contributed by atoms with Crippen LogP contribution in [-0.2, 0) is 16.0 Å². The van der Waals surface area contributed by atoms with Crippen LogP contribution in [0.1, 0.15) is 31.7 Å². The Kier molecular flexibility index (Phi) is 5.10. The van der Waals surface area contributed by atoms with Gasteiger partial charge in [-0.2, -0.15) is 11.8 Å². The maximum atomic E-state index is 12.0. The quantitative estimate of drug-likeness (QED) is 0.784. The lowest BCUT2D eigenvalue weighted by Gasteiger charge is -2.29. The Hall–Kier alpha value is -1.34. The number of carbonyl (C=O) groups is 1. The molecule has 3 aliphatic rings. The molecule has 1 aromatic rings. The monoisotopic (exact) mass is 376 g/mol. The van der Waals surface area contributed by atoms with Crippen molar-refractivity contribution in [1.29, 1.82) is 0 Å². The Bertz CT molecular complexity index is 655. The predicted octanol–water partition coefficient (Wildman–Crippen LogP) is 1.89. The van der Waals surface area contributed by atoms with Crippen molar-refractivity contribution in [3.05, 3.63) is 18.0 Å². The van der Waals surface area contributed by atoms with Gasteiger partial charge in [0.15, 0.2) is 0 Å². The van der Waals surface area contributed by atoms with Crippen molar-refractivity contribution >= 4 is 23.6 Å². The standard InChI is InChI=1S/C19H28N4O2S/c1-3-13-8-21-18(22-9-13)23-11-15-14(10-20-17(24)5-7-26-2)16-4-6-19(15,12-23)25-16/h8-9,14-16H,3-7,10-12H2,1-2H3,(H,20,24)/t14-,15+,16+,19+/m0/s1. The van der Waals surface area contributed by atoms with Crippen LogP contribution in [0.15, 0.2) is 12.4 Å². The second kappa shape index (κ2) is 7.35. The van der Waals surface area contributed by atoms with Crippen molar-refractivity contribution in [2.45, 2.75) is 44.3 Å². The van der Waals surface area contributed by atoms with Crippen LogP contribution in [0.4, 0.5) is 5.95 Å². The van der Waals surface area contributed by atoms with Gasteiger partial charge in [-0.25, -0.2) is 9.97 Å². The summed E-state index contributed by atoms with van der Waals surface area (Å²) in [6.45, 7) is 4.64. The molecule has 3 aliphatic heterocycles. The summed E-state index contributed by atoms with van der Waals surface area (Å²) in [5, 5.41) is 3.14. The number of rotatable bonds is 7. The van der Waals surface area contributed by atoms with E-state index in [0.717, 1.165) is 56.2 Å². The highest BCUT2D eigenvalue weighted by atomic mass is 32.2. The van der Waals surface area contributed by atoms with Gasteiger partial charge in [0.1, 0.15) is 0 Å². The van der Waals surface area contributed by atoms with Gasteiger partial charge in [-0.15, -0.1) is 0 Å². The van der Waals surface area contributed by atoms with Crippen LogP contribution in [0.5, 0.6) is 0 Å². The summed E-state index contributed by atoms with van der Waals surface area (Å²) in [5.74, 6) is 2.70. The fourth-order valence-electron chi connectivity index (χ4n) is 4.82. The van der Waals surface area contributed by atoms with E-state index in [-0.39, 0.29) is 11.5 Å². The number of ether oxygens (including phenoxy) is 1. The number of aromatic nitrogens is 2. The molecule has 1 N–H and O–H groups in total. The van der Waals surface area contributed by atoms with Gasteiger partial charge in [0.2, 0.25) is 11.9 Å². The second-order valence-corrected chi connectivity index (χ2v) is 8.69. The van der Waals surface area contributed by atoms with E-state index in [2.05, 4.69) is 27.1 Å². The minimum absolute atomic E-state index is 0.0634. The highest BCUT2D eigenvalue weighted by molar-refractivity contribution is 7.98. The third-order valence-corrected chi connectivity index (χ3v) is 6.85. The van der Waals surface area contributed by atoms with Crippen LogP contribution in [0.3, 0.4) is 0 Å². The molecule has 0 unspecified atom stereocenters. The number of thioether (sulfide) groups is 1. The summed E-state index contributed by atoms with van der Waals surface area (Å²) in [5.41, 5.74) is 1.10. The molecule has 4 heterocycles. The molecule has 6 nitrogen and oxygen atoms in total. The molecule has 142 valence electrons. The molecule has 1 spiro atoms. The number of hydrogen-bond acceptors (Lipinski definition) is 6. The largest absolute Gasteiger partial charge is 0.369 e. The van der Waals surface area contributed by atoms with Gasteiger partial charge in [-0.3, -0.25) is 4.79 Å². The first-order chi connectivity index (χ1) is 12.6. The van der Waals surface area contributed by atoms with Crippen LogP contribution in [0.25, 0.3) is 0 Å². The van der Waals surface area contributed by atoms with Gasteiger partial charge in [-0.05, 0) is 31.1 Å². The van der Waals surface area contributed by atoms with Crippen LogP contribution < -0.4 is 10.2 Å². The van der Waals surface area contributed by atoms with E-state index in [9.17, 15) is 4.79 Å².